The molecule has 25 heavy (non-hydrogen) atoms. The van der Waals surface area contributed by atoms with Crippen molar-refractivity contribution in [2.45, 2.75) is 19.9 Å². The highest BCUT2D eigenvalue weighted by molar-refractivity contribution is 6.00. The molecule has 130 valence electrons. The molecular weight excluding hydrogens is 314 g/mol. The second-order valence-corrected chi connectivity index (χ2v) is 5.83. The standard InChI is InChI=1S/C20H23N3O2/c1-5-11-23(12-6-2)20(25)15(4)22-19(24)17-13-16-9-7-8-10-18(16)21-14(17)3/h5-10,13,15H,1-2,11-12H2,3-4H3,(H,22,24). The molecule has 0 bridgehead atoms. The number of fused-ring (bicyclic) bond motifs is 1. The number of para-hydroxylation sites is 1. The van der Waals surface area contributed by atoms with Gasteiger partial charge in [-0.25, -0.2) is 0 Å². The summed E-state index contributed by atoms with van der Waals surface area (Å²) in [5, 5.41) is 3.65. The topological polar surface area (TPSA) is 62.3 Å². The Kier molecular flexibility index (Phi) is 6.06. The molecule has 1 N–H and O–H groups in total. The van der Waals surface area contributed by atoms with Crippen LogP contribution in [0, 0.1) is 6.92 Å². The van der Waals surface area contributed by atoms with Crippen LogP contribution in [0.2, 0.25) is 0 Å². The highest BCUT2D eigenvalue weighted by Crippen LogP contribution is 2.16. The fraction of sp³-hybridized carbons (Fsp3) is 0.250. The van der Waals surface area contributed by atoms with Crippen LogP contribution in [0.4, 0.5) is 0 Å². The van der Waals surface area contributed by atoms with Gasteiger partial charge < -0.3 is 10.2 Å². The van der Waals surface area contributed by atoms with E-state index in [1.54, 1.807) is 37.0 Å². The van der Waals surface area contributed by atoms with E-state index in [0.29, 0.717) is 24.3 Å². The van der Waals surface area contributed by atoms with Crippen LogP contribution in [-0.2, 0) is 4.79 Å². The predicted molar refractivity (Wildman–Crippen MR) is 100 cm³/mol. The average molecular weight is 337 g/mol. The van der Waals surface area contributed by atoms with E-state index in [0.717, 1.165) is 10.9 Å². The maximum Gasteiger partial charge on any atom is 0.253 e. The molecule has 1 heterocycles. The van der Waals surface area contributed by atoms with Gasteiger partial charge in [0.2, 0.25) is 5.91 Å². The molecule has 2 aromatic rings. The van der Waals surface area contributed by atoms with Gasteiger partial charge in [0.05, 0.1) is 16.8 Å². The van der Waals surface area contributed by atoms with E-state index < -0.39 is 6.04 Å². The van der Waals surface area contributed by atoms with Crippen molar-refractivity contribution < 1.29 is 9.59 Å². The number of pyridine rings is 1. The number of hydrogen-bond acceptors (Lipinski definition) is 3. The molecule has 0 radical (unpaired) electrons. The molecule has 1 aromatic carbocycles. The fourth-order valence-electron chi connectivity index (χ4n) is 2.62. The second kappa shape index (κ2) is 8.24. The SMILES string of the molecule is C=CCN(CC=C)C(=O)C(C)NC(=O)c1cc2ccccc2nc1C. The quantitative estimate of drug-likeness (QED) is 0.790. The monoisotopic (exact) mass is 337 g/mol. The molecule has 1 unspecified atom stereocenters. The number of amides is 2. The van der Waals surface area contributed by atoms with Crippen LogP contribution in [0.15, 0.2) is 55.6 Å². The lowest BCUT2D eigenvalue weighted by Gasteiger charge is -2.24. The number of hydrogen-bond donors (Lipinski definition) is 1. The summed E-state index contributed by atoms with van der Waals surface area (Å²) in [6.07, 6.45) is 3.29. The molecule has 0 aliphatic carbocycles. The van der Waals surface area contributed by atoms with Gasteiger partial charge in [-0.2, -0.15) is 0 Å². The van der Waals surface area contributed by atoms with Crippen molar-refractivity contribution >= 4 is 22.7 Å². The summed E-state index contributed by atoms with van der Waals surface area (Å²) in [6, 6.07) is 8.76. The highest BCUT2D eigenvalue weighted by Gasteiger charge is 2.22. The van der Waals surface area contributed by atoms with Gasteiger partial charge in [-0.3, -0.25) is 14.6 Å². The number of nitrogens with zero attached hydrogens (tertiary/aromatic N) is 2. The normalized spacial score (nSPS) is 11.6. The van der Waals surface area contributed by atoms with E-state index in [2.05, 4.69) is 23.5 Å². The minimum atomic E-state index is -0.654. The zero-order chi connectivity index (χ0) is 18.4. The van der Waals surface area contributed by atoms with Crippen molar-refractivity contribution in [1.82, 2.24) is 15.2 Å². The number of nitrogens with one attached hydrogen (secondary N) is 1. The molecule has 1 aromatic heterocycles. The van der Waals surface area contributed by atoms with Crippen molar-refractivity contribution in [1.29, 1.82) is 0 Å². The molecule has 2 amide bonds. The van der Waals surface area contributed by atoms with Crippen molar-refractivity contribution in [2.24, 2.45) is 0 Å². The molecular formula is C20H23N3O2. The zero-order valence-electron chi connectivity index (χ0n) is 14.7. The molecule has 0 spiro atoms. The fourth-order valence-corrected chi connectivity index (χ4v) is 2.62. The number of aryl methyl sites for hydroxylation is 1. The average Bonchev–Trinajstić information content (AvgIpc) is 2.60. The van der Waals surface area contributed by atoms with Gasteiger partial charge in [-0.05, 0) is 26.0 Å². The largest absolute Gasteiger partial charge is 0.340 e. The van der Waals surface area contributed by atoms with Crippen LogP contribution < -0.4 is 5.32 Å². The third-order valence-corrected chi connectivity index (χ3v) is 3.89. The van der Waals surface area contributed by atoms with E-state index in [9.17, 15) is 9.59 Å². The van der Waals surface area contributed by atoms with Crippen molar-refractivity contribution in [3.63, 3.8) is 0 Å². The van der Waals surface area contributed by atoms with Crippen LogP contribution in [0.1, 0.15) is 23.0 Å². The summed E-state index contributed by atoms with van der Waals surface area (Å²) in [7, 11) is 0. The van der Waals surface area contributed by atoms with E-state index >= 15 is 0 Å². The predicted octanol–water partition coefficient (Wildman–Crippen LogP) is 2.86. The Morgan fingerprint density at radius 1 is 1.24 bits per heavy atom. The van der Waals surface area contributed by atoms with Gasteiger partial charge in [-0.15, -0.1) is 13.2 Å². The second-order valence-electron chi connectivity index (χ2n) is 5.83. The van der Waals surface area contributed by atoms with Crippen LogP contribution in [0.25, 0.3) is 10.9 Å². The third-order valence-electron chi connectivity index (χ3n) is 3.89. The molecule has 0 aliphatic heterocycles. The van der Waals surface area contributed by atoms with E-state index in [4.69, 9.17) is 0 Å². The van der Waals surface area contributed by atoms with Gasteiger partial charge >= 0.3 is 0 Å². The first-order valence-electron chi connectivity index (χ1n) is 8.15. The van der Waals surface area contributed by atoms with Crippen molar-refractivity contribution in [2.75, 3.05) is 13.1 Å². The number of rotatable bonds is 7. The lowest BCUT2D eigenvalue weighted by atomic mass is 10.1. The Bertz CT molecular complexity index is 804. The summed E-state index contributed by atoms with van der Waals surface area (Å²) in [6.45, 7) is 11.6. The first-order chi connectivity index (χ1) is 12.0. The minimum absolute atomic E-state index is 0.181. The number of carbonyl (C=O) groups is 2. The number of carbonyl (C=O) groups excluding carboxylic acids is 2. The van der Waals surface area contributed by atoms with E-state index in [1.165, 1.54) is 0 Å². The van der Waals surface area contributed by atoms with Crippen LogP contribution in [0.5, 0.6) is 0 Å². The molecule has 5 heteroatoms. The Morgan fingerprint density at radius 3 is 2.52 bits per heavy atom. The molecule has 0 aliphatic rings. The van der Waals surface area contributed by atoms with Gasteiger partial charge in [-0.1, -0.05) is 30.4 Å². The summed E-state index contributed by atoms with van der Waals surface area (Å²) in [5.41, 5.74) is 1.94. The first kappa shape index (κ1) is 18.4. The first-order valence-corrected chi connectivity index (χ1v) is 8.15. The molecule has 0 fully saturated rings. The molecule has 2 rings (SSSR count). The maximum atomic E-state index is 12.6. The summed E-state index contributed by atoms with van der Waals surface area (Å²) in [4.78, 5) is 31.1. The lowest BCUT2D eigenvalue weighted by molar-refractivity contribution is -0.131. The van der Waals surface area contributed by atoms with E-state index in [-0.39, 0.29) is 11.8 Å². The zero-order valence-corrected chi connectivity index (χ0v) is 14.7. The van der Waals surface area contributed by atoms with Crippen molar-refractivity contribution in [3.05, 3.63) is 66.9 Å². The minimum Gasteiger partial charge on any atom is -0.340 e. The van der Waals surface area contributed by atoms with Crippen molar-refractivity contribution in [3.8, 4) is 0 Å². The van der Waals surface area contributed by atoms with Gasteiger partial charge in [0.1, 0.15) is 6.04 Å². The third kappa shape index (κ3) is 4.32. The summed E-state index contributed by atoms with van der Waals surface area (Å²) < 4.78 is 0. The summed E-state index contributed by atoms with van der Waals surface area (Å²) in [5.74, 6) is -0.492. The van der Waals surface area contributed by atoms with Crippen LogP contribution in [0.3, 0.4) is 0 Å². The molecule has 0 saturated carbocycles. The maximum absolute atomic E-state index is 12.6. The van der Waals surface area contributed by atoms with Gasteiger partial charge in [0.15, 0.2) is 0 Å². The summed E-state index contributed by atoms with van der Waals surface area (Å²) >= 11 is 0. The number of aromatic nitrogens is 1. The smallest absolute Gasteiger partial charge is 0.253 e. The highest BCUT2D eigenvalue weighted by atomic mass is 16.2. The Balaban J connectivity index is 2.18. The Morgan fingerprint density at radius 2 is 1.88 bits per heavy atom. The van der Waals surface area contributed by atoms with Crippen LogP contribution >= 0.6 is 0 Å². The van der Waals surface area contributed by atoms with Crippen LogP contribution in [-0.4, -0.2) is 40.8 Å². The Hall–Kier alpha value is -2.95. The Labute approximate surface area is 148 Å². The lowest BCUT2D eigenvalue weighted by Crippen LogP contribution is -2.47. The molecule has 0 saturated heterocycles. The molecule has 1 atom stereocenters. The van der Waals surface area contributed by atoms with E-state index in [1.807, 2.05) is 24.3 Å². The molecule has 5 nitrogen and oxygen atoms in total. The van der Waals surface area contributed by atoms with Gasteiger partial charge in [0, 0.05) is 18.5 Å². The number of benzene rings is 1. The van der Waals surface area contributed by atoms with Gasteiger partial charge in [0.25, 0.3) is 5.91 Å².